The topological polar surface area (TPSA) is 55.4 Å². The molecule has 0 radical (unpaired) electrons. The van der Waals surface area contributed by atoms with Gasteiger partial charge in [0.1, 0.15) is 5.00 Å². The number of thiophene rings is 1. The molecular weight excluding hydrogens is 358 g/mol. The van der Waals surface area contributed by atoms with Gasteiger partial charge in [-0.1, -0.05) is 48.0 Å². The van der Waals surface area contributed by atoms with E-state index < -0.39 is 0 Å². The minimum absolute atomic E-state index is 0.0444. The molecule has 5 heteroatoms. The maximum atomic E-state index is 12.6. The van der Waals surface area contributed by atoms with E-state index in [-0.39, 0.29) is 22.7 Å². The van der Waals surface area contributed by atoms with Crippen LogP contribution in [-0.2, 0) is 22.4 Å². The highest BCUT2D eigenvalue weighted by molar-refractivity contribution is 7.17. The van der Waals surface area contributed by atoms with E-state index in [1.54, 1.807) is 11.3 Å². The first-order chi connectivity index (χ1) is 12.5. The zero-order valence-electron chi connectivity index (χ0n) is 18.0. The van der Waals surface area contributed by atoms with Crippen molar-refractivity contribution < 1.29 is 14.3 Å². The van der Waals surface area contributed by atoms with Crippen molar-refractivity contribution >= 4 is 28.2 Å². The Morgan fingerprint density at radius 1 is 1.19 bits per heavy atom. The van der Waals surface area contributed by atoms with E-state index in [0.717, 1.165) is 31.2 Å². The van der Waals surface area contributed by atoms with Crippen LogP contribution in [0.2, 0.25) is 0 Å². The molecule has 1 aliphatic rings. The van der Waals surface area contributed by atoms with Crippen molar-refractivity contribution in [3.8, 4) is 0 Å². The van der Waals surface area contributed by atoms with Gasteiger partial charge in [-0.25, -0.2) is 4.79 Å². The van der Waals surface area contributed by atoms with Crippen LogP contribution in [0.4, 0.5) is 5.00 Å². The summed E-state index contributed by atoms with van der Waals surface area (Å²) in [5.41, 5.74) is 1.86. The molecule has 152 valence electrons. The Kier molecular flexibility index (Phi) is 6.77. The third-order valence-electron chi connectivity index (χ3n) is 5.71. The molecule has 0 spiro atoms. The van der Waals surface area contributed by atoms with Crippen LogP contribution >= 0.6 is 11.3 Å². The summed E-state index contributed by atoms with van der Waals surface area (Å²) in [7, 11) is 0. The fraction of sp³-hybridized carbons (Fsp3) is 0.727. The second kappa shape index (κ2) is 8.34. The van der Waals surface area contributed by atoms with Gasteiger partial charge in [-0.05, 0) is 48.5 Å². The summed E-state index contributed by atoms with van der Waals surface area (Å²) in [4.78, 5) is 26.4. The van der Waals surface area contributed by atoms with Gasteiger partial charge < -0.3 is 10.1 Å². The highest BCUT2D eigenvalue weighted by Gasteiger charge is 2.35. The Hall–Kier alpha value is -1.36. The Balaban J connectivity index is 2.34. The molecule has 0 saturated heterocycles. The van der Waals surface area contributed by atoms with Crippen LogP contribution in [0.5, 0.6) is 0 Å². The molecule has 27 heavy (non-hydrogen) atoms. The minimum Gasteiger partial charge on any atom is -0.462 e. The molecule has 0 aromatic carbocycles. The maximum absolute atomic E-state index is 12.6. The van der Waals surface area contributed by atoms with Gasteiger partial charge in [-0.2, -0.15) is 0 Å². The van der Waals surface area contributed by atoms with Crippen molar-refractivity contribution in [3.63, 3.8) is 0 Å². The smallest absolute Gasteiger partial charge is 0.341 e. The van der Waals surface area contributed by atoms with Gasteiger partial charge in [-0.3, -0.25) is 4.79 Å². The van der Waals surface area contributed by atoms with Crippen LogP contribution in [0.1, 0.15) is 88.5 Å². The standard InChI is InChI=1S/C22H35NO3S/c1-8-22(6,7)14-10-11-15-16(12-14)27-19(18(15)20(25)26-9-2)23-17(24)13-21(3,4)5/h14H,8-13H2,1-7H3,(H,23,24). The number of carbonyl (C=O) groups excluding carboxylic acids is 2. The number of hydrogen-bond donors (Lipinski definition) is 1. The SMILES string of the molecule is CCOC(=O)c1c(NC(=O)CC(C)(C)C)sc2c1CCC(C(C)(C)CC)C2. The first-order valence-corrected chi connectivity index (χ1v) is 10.9. The lowest BCUT2D eigenvalue weighted by molar-refractivity contribution is -0.117. The molecular formula is C22H35NO3S. The van der Waals surface area contributed by atoms with Crippen molar-refractivity contribution in [1.29, 1.82) is 0 Å². The molecule has 1 N–H and O–H groups in total. The molecule has 1 aromatic rings. The number of fused-ring (bicyclic) bond motifs is 1. The van der Waals surface area contributed by atoms with Gasteiger partial charge in [0.2, 0.25) is 5.91 Å². The van der Waals surface area contributed by atoms with E-state index in [2.05, 4.69) is 26.1 Å². The molecule has 1 amide bonds. The van der Waals surface area contributed by atoms with Gasteiger partial charge in [-0.15, -0.1) is 11.3 Å². The predicted molar refractivity (Wildman–Crippen MR) is 113 cm³/mol. The van der Waals surface area contributed by atoms with E-state index >= 15 is 0 Å². The Morgan fingerprint density at radius 2 is 1.85 bits per heavy atom. The Bertz CT molecular complexity index is 697. The van der Waals surface area contributed by atoms with Crippen LogP contribution in [0, 0.1) is 16.7 Å². The van der Waals surface area contributed by atoms with Crippen LogP contribution in [0.15, 0.2) is 0 Å². The molecule has 1 aliphatic carbocycles. The minimum atomic E-state index is -0.311. The average molecular weight is 394 g/mol. The zero-order valence-corrected chi connectivity index (χ0v) is 18.8. The number of nitrogens with one attached hydrogen (secondary N) is 1. The lowest BCUT2D eigenvalue weighted by atomic mass is 9.69. The normalized spacial score (nSPS) is 17.4. The average Bonchev–Trinajstić information content (AvgIpc) is 2.89. The number of amides is 1. The van der Waals surface area contributed by atoms with Crippen molar-refractivity contribution in [2.75, 3.05) is 11.9 Å². The van der Waals surface area contributed by atoms with E-state index in [1.165, 1.54) is 4.88 Å². The monoisotopic (exact) mass is 393 g/mol. The van der Waals surface area contributed by atoms with Crippen LogP contribution in [0.25, 0.3) is 0 Å². The van der Waals surface area contributed by atoms with Gasteiger partial charge in [0.25, 0.3) is 0 Å². The quantitative estimate of drug-likeness (QED) is 0.618. The molecule has 1 atom stereocenters. The molecule has 2 rings (SSSR count). The zero-order chi connectivity index (χ0) is 20.4. The number of esters is 1. The predicted octanol–water partition coefficient (Wildman–Crippen LogP) is 5.84. The molecule has 1 heterocycles. The molecule has 0 saturated carbocycles. The van der Waals surface area contributed by atoms with Crippen molar-refractivity contribution in [2.24, 2.45) is 16.7 Å². The van der Waals surface area contributed by atoms with E-state index in [0.29, 0.717) is 29.5 Å². The molecule has 0 aliphatic heterocycles. The van der Waals surface area contributed by atoms with Gasteiger partial charge in [0.15, 0.2) is 0 Å². The number of ether oxygens (including phenoxy) is 1. The third kappa shape index (κ3) is 5.34. The Labute approximate surface area is 168 Å². The van der Waals surface area contributed by atoms with Gasteiger partial charge >= 0.3 is 5.97 Å². The lowest BCUT2D eigenvalue weighted by Gasteiger charge is -2.36. The molecule has 0 bridgehead atoms. The fourth-order valence-electron chi connectivity index (χ4n) is 3.70. The fourth-order valence-corrected chi connectivity index (χ4v) is 5.03. The maximum Gasteiger partial charge on any atom is 0.341 e. The molecule has 1 unspecified atom stereocenters. The first-order valence-electron chi connectivity index (χ1n) is 10.1. The van der Waals surface area contributed by atoms with E-state index in [1.807, 2.05) is 27.7 Å². The number of anilines is 1. The second-order valence-corrected chi connectivity index (χ2v) is 10.6. The lowest BCUT2D eigenvalue weighted by Crippen LogP contribution is -2.28. The summed E-state index contributed by atoms with van der Waals surface area (Å²) in [5, 5.41) is 3.68. The van der Waals surface area contributed by atoms with E-state index in [9.17, 15) is 9.59 Å². The van der Waals surface area contributed by atoms with Gasteiger partial charge in [0, 0.05) is 11.3 Å². The highest BCUT2D eigenvalue weighted by atomic mass is 32.1. The van der Waals surface area contributed by atoms with Crippen molar-refractivity contribution in [1.82, 2.24) is 0 Å². The van der Waals surface area contributed by atoms with E-state index in [4.69, 9.17) is 4.74 Å². The van der Waals surface area contributed by atoms with Crippen molar-refractivity contribution in [2.45, 2.75) is 80.6 Å². The summed E-state index contributed by atoms with van der Waals surface area (Å²) < 4.78 is 5.31. The summed E-state index contributed by atoms with van der Waals surface area (Å²) >= 11 is 1.57. The summed E-state index contributed by atoms with van der Waals surface area (Å²) in [5.74, 6) is 0.244. The summed E-state index contributed by atoms with van der Waals surface area (Å²) in [6.45, 7) is 15.2. The molecule has 1 aromatic heterocycles. The van der Waals surface area contributed by atoms with Gasteiger partial charge in [0.05, 0.1) is 12.2 Å². The third-order valence-corrected chi connectivity index (χ3v) is 6.87. The Morgan fingerprint density at radius 3 is 2.41 bits per heavy atom. The number of rotatable bonds is 6. The molecule has 4 nitrogen and oxygen atoms in total. The first kappa shape index (κ1) is 21.9. The largest absolute Gasteiger partial charge is 0.462 e. The highest BCUT2D eigenvalue weighted by Crippen LogP contribution is 2.45. The molecule has 0 fully saturated rings. The number of carbonyl (C=O) groups is 2. The second-order valence-electron chi connectivity index (χ2n) is 9.50. The van der Waals surface area contributed by atoms with Crippen LogP contribution in [-0.4, -0.2) is 18.5 Å². The van der Waals surface area contributed by atoms with Crippen LogP contribution in [0.3, 0.4) is 0 Å². The number of hydrogen-bond acceptors (Lipinski definition) is 4. The summed E-state index contributed by atoms with van der Waals surface area (Å²) in [6, 6.07) is 0. The van der Waals surface area contributed by atoms with Crippen LogP contribution < -0.4 is 5.32 Å². The van der Waals surface area contributed by atoms with Crippen molar-refractivity contribution in [3.05, 3.63) is 16.0 Å². The summed E-state index contributed by atoms with van der Waals surface area (Å²) in [6.07, 6.45) is 4.49.